The van der Waals surface area contributed by atoms with Gasteiger partial charge in [-0.25, -0.2) is 0 Å². The Morgan fingerprint density at radius 2 is 1.58 bits per heavy atom. The van der Waals surface area contributed by atoms with Gasteiger partial charge in [-0.15, -0.1) is 0 Å². The van der Waals surface area contributed by atoms with Gasteiger partial charge in [0.05, 0.1) is 30.0 Å². The summed E-state index contributed by atoms with van der Waals surface area (Å²) in [5.41, 5.74) is 2.19. The van der Waals surface area contributed by atoms with Crippen molar-refractivity contribution in [3.63, 3.8) is 0 Å². The minimum atomic E-state index is -0.350. The second-order valence-corrected chi connectivity index (χ2v) is 11.7. The van der Waals surface area contributed by atoms with Crippen LogP contribution >= 0.6 is 0 Å². The highest BCUT2D eigenvalue weighted by molar-refractivity contribution is 6.01. The summed E-state index contributed by atoms with van der Waals surface area (Å²) in [6.45, 7) is 8.97. The van der Waals surface area contributed by atoms with Crippen molar-refractivity contribution in [2.24, 2.45) is 0 Å². The van der Waals surface area contributed by atoms with Gasteiger partial charge in [0, 0.05) is 32.4 Å². The van der Waals surface area contributed by atoms with Crippen molar-refractivity contribution in [2.75, 3.05) is 70.9 Å². The van der Waals surface area contributed by atoms with Gasteiger partial charge in [0.1, 0.15) is 11.1 Å². The van der Waals surface area contributed by atoms with Crippen LogP contribution in [0.3, 0.4) is 0 Å². The predicted octanol–water partition coefficient (Wildman–Crippen LogP) is 4.60. The van der Waals surface area contributed by atoms with Gasteiger partial charge in [0.15, 0.2) is 11.5 Å². The zero-order chi connectivity index (χ0) is 29.2. The number of carbonyl (C=O) groups is 1. The molecule has 9 nitrogen and oxygen atoms in total. The first-order chi connectivity index (χ1) is 21.2. The number of hydrogen-bond acceptors (Lipinski definition) is 7. The normalized spacial score (nSPS) is 16.7. The van der Waals surface area contributed by atoms with Crippen LogP contribution in [0.1, 0.15) is 36.0 Å². The number of ether oxygens (including phenoxy) is 2. The third kappa shape index (κ3) is 5.72. The molecule has 1 amide bonds. The molecule has 224 valence electrons. The van der Waals surface area contributed by atoms with Crippen LogP contribution in [0.25, 0.3) is 27.4 Å². The zero-order valence-electron chi connectivity index (χ0n) is 24.6. The second-order valence-electron chi connectivity index (χ2n) is 11.7. The average molecular weight is 582 g/mol. The molecule has 3 aliphatic rings. The lowest BCUT2D eigenvalue weighted by molar-refractivity contribution is 0.0374. The van der Waals surface area contributed by atoms with E-state index in [2.05, 4.69) is 38.6 Å². The molecule has 0 unspecified atom stereocenters. The number of nitrogens with one attached hydrogen (secondary N) is 2. The molecule has 0 radical (unpaired) electrons. The molecule has 43 heavy (non-hydrogen) atoms. The van der Waals surface area contributed by atoms with Crippen molar-refractivity contribution >= 4 is 33.3 Å². The number of benzene rings is 3. The number of rotatable bonds is 10. The molecular weight excluding hydrogens is 542 g/mol. The molecule has 2 fully saturated rings. The molecule has 3 aliphatic heterocycles. The fraction of sp³-hybridized carbons (Fsp3) is 0.412. The maximum Gasteiger partial charge on any atom is 0.256 e. The standard InChI is InChI=1S/C34H39N5O4/c40-32-26-9-10-28(35-11-5-15-37-13-3-4-14-37)33-31(26)39(29-21-24-7-1-2-8-25(24)22-30(29)43-33)23-27(32)34(41)36-12-6-16-38-17-19-42-20-18-38/h1-2,7-10,21-23,35H,3-6,11-20H2,(H,36,41). The first kappa shape index (κ1) is 27.9. The summed E-state index contributed by atoms with van der Waals surface area (Å²) in [6, 6.07) is 16.0. The van der Waals surface area contributed by atoms with Crippen LogP contribution in [-0.4, -0.2) is 85.8 Å². The van der Waals surface area contributed by atoms with Gasteiger partial charge in [0.2, 0.25) is 5.43 Å². The van der Waals surface area contributed by atoms with Crippen molar-refractivity contribution in [1.29, 1.82) is 0 Å². The molecule has 0 saturated carbocycles. The molecule has 4 heterocycles. The van der Waals surface area contributed by atoms with Gasteiger partial charge in [0.25, 0.3) is 5.91 Å². The summed E-state index contributed by atoms with van der Waals surface area (Å²) in [5.74, 6) is 0.965. The third-order valence-electron chi connectivity index (χ3n) is 8.87. The topological polar surface area (TPSA) is 88.1 Å². The Hall–Kier alpha value is -3.92. The summed E-state index contributed by atoms with van der Waals surface area (Å²) in [4.78, 5) is 32.0. The summed E-state index contributed by atoms with van der Waals surface area (Å²) < 4.78 is 14.0. The fourth-order valence-electron chi connectivity index (χ4n) is 6.53. The van der Waals surface area contributed by atoms with Crippen molar-refractivity contribution < 1.29 is 14.3 Å². The lowest BCUT2D eigenvalue weighted by Crippen LogP contribution is -2.38. The Bertz CT molecular complexity index is 1710. The van der Waals surface area contributed by atoms with Crippen LogP contribution in [0.2, 0.25) is 0 Å². The molecule has 3 aromatic carbocycles. The smallest absolute Gasteiger partial charge is 0.256 e. The fourth-order valence-corrected chi connectivity index (χ4v) is 6.53. The zero-order valence-corrected chi connectivity index (χ0v) is 24.6. The number of anilines is 1. The number of morpholine rings is 1. The minimum absolute atomic E-state index is 0.136. The van der Waals surface area contributed by atoms with E-state index < -0.39 is 0 Å². The largest absolute Gasteiger partial charge is 0.451 e. The maximum atomic E-state index is 13.8. The first-order valence-electron chi connectivity index (χ1n) is 15.6. The molecule has 0 bridgehead atoms. The summed E-state index contributed by atoms with van der Waals surface area (Å²) in [7, 11) is 0. The Balaban J connectivity index is 1.19. The Morgan fingerprint density at radius 1 is 0.860 bits per heavy atom. The molecular formula is C34H39N5O4. The highest BCUT2D eigenvalue weighted by Crippen LogP contribution is 2.45. The minimum Gasteiger partial charge on any atom is -0.451 e. The number of hydrogen-bond donors (Lipinski definition) is 2. The van der Waals surface area contributed by atoms with Crippen molar-refractivity contribution in [3.05, 3.63) is 70.5 Å². The van der Waals surface area contributed by atoms with Gasteiger partial charge in [-0.1, -0.05) is 24.3 Å². The molecule has 0 spiro atoms. The van der Waals surface area contributed by atoms with E-state index in [0.717, 1.165) is 80.9 Å². The van der Waals surface area contributed by atoms with Crippen LogP contribution in [0.5, 0.6) is 11.5 Å². The average Bonchev–Trinajstić information content (AvgIpc) is 3.56. The molecule has 2 saturated heterocycles. The number of nitrogens with zero attached hydrogens (tertiary/aromatic N) is 3. The van der Waals surface area contributed by atoms with Crippen molar-refractivity contribution in [2.45, 2.75) is 25.7 Å². The van der Waals surface area contributed by atoms with Gasteiger partial charge in [-0.2, -0.15) is 0 Å². The molecule has 2 N–H and O–H groups in total. The summed E-state index contributed by atoms with van der Waals surface area (Å²) >= 11 is 0. The number of carbonyl (C=O) groups excluding carboxylic acids is 1. The van der Waals surface area contributed by atoms with E-state index in [9.17, 15) is 9.59 Å². The molecule has 0 aliphatic carbocycles. The predicted molar refractivity (Wildman–Crippen MR) is 170 cm³/mol. The molecule has 7 rings (SSSR count). The van der Waals surface area contributed by atoms with E-state index in [0.29, 0.717) is 28.9 Å². The lowest BCUT2D eigenvalue weighted by Gasteiger charge is -2.27. The number of likely N-dealkylation sites (tertiary alicyclic amines) is 1. The van der Waals surface area contributed by atoms with Crippen LogP contribution in [0.4, 0.5) is 5.69 Å². The van der Waals surface area contributed by atoms with Crippen LogP contribution in [0.15, 0.2) is 59.5 Å². The number of fused-ring (bicyclic) bond motifs is 3. The van der Waals surface area contributed by atoms with E-state index >= 15 is 0 Å². The van der Waals surface area contributed by atoms with Gasteiger partial charge >= 0.3 is 0 Å². The Labute approximate surface area is 251 Å². The molecule has 4 aromatic rings. The SMILES string of the molecule is O=C(NCCCN1CCOCC1)c1cn2c3c(c(NCCCN4CCCC4)ccc3c1=O)Oc1cc3ccccc3cc1-2. The van der Waals surface area contributed by atoms with Gasteiger partial charge in [-0.05, 0) is 86.9 Å². The first-order valence-corrected chi connectivity index (χ1v) is 15.6. The molecule has 0 atom stereocenters. The van der Waals surface area contributed by atoms with Crippen LogP contribution in [0, 0.1) is 0 Å². The molecule has 9 heteroatoms. The second kappa shape index (κ2) is 12.4. The number of aromatic nitrogens is 1. The maximum absolute atomic E-state index is 13.8. The van der Waals surface area contributed by atoms with E-state index in [1.165, 1.54) is 25.9 Å². The van der Waals surface area contributed by atoms with E-state index in [4.69, 9.17) is 9.47 Å². The summed E-state index contributed by atoms with van der Waals surface area (Å²) in [6.07, 6.45) is 6.11. The lowest BCUT2D eigenvalue weighted by atomic mass is 10.0. The Morgan fingerprint density at radius 3 is 2.37 bits per heavy atom. The number of amides is 1. The van der Waals surface area contributed by atoms with E-state index in [1.54, 1.807) is 6.20 Å². The highest BCUT2D eigenvalue weighted by atomic mass is 16.5. The van der Waals surface area contributed by atoms with Crippen LogP contribution < -0.4 is 20.8 Å². The Kier molecular flexibility index (Phi) is 8.02. The molecule has 1 aromatic heterocycles. The van der Waals surface area contributed by atoms with Crippen molar-refractivity contribution in [3.8, 4) is 17.2 Å². The summed E-state index contributed by atoms with van der Waals surface area (Å²) in [5, 5.41) is 9.16. The van der Waals surface area contributed by atoms with Gasteiger partial charge in [-0.3, -0.25) is 14.5 Å². The third-order valence-corrected chi connectivity index (χ3v) is 8.87. The quantitative estimate of drug-likeness (QED) is 0.233. The highest BCUT2D eigenvalue weighted by Gasteiger charge is 2.27. The van der Waals surface area contributed by atoms with Crippen molar-refractivity contribution in [1.82, 2.24) is 19.7 Å². The van der Waals surface area contributed by atoms with E-state index in [1.807, 2.05) is 34.9 Å². The monoisotopic (exact) mass is 581 g/mol. The van der Waals surface area contributed by atoms with Crippen LogP contribution in [-0.2, 0) is 4.74 Å². The van der Waals surface area contributed by atoms with Gasteiger partial charge < -0.3 is 29.6 Å². The number of pyridine rings is 1. The van der Waals surface area contributed by atoms with E-state index in [-0.39, 0.29) is 16.9 Å².